The molecule has 0 fully saturated rings. The molecule has 2 nitrogen and oxygen atoms in total. The first-order valence-electron chi connectivity index (χ1n) is 4.63. The Morgan fingerprint density at radius 2 is 1.62 bits per heavy atom. The fourth-order valence-corrected chi connectivity index (χ4v) is 1.62. The second-order valence-electron chi connectivity index (χ2n) is 5.15. The Bertz CT molecular complexity index is 192. The molecule has 0 aromatic carbocycles. The van der Waals surface area contributed by atoms with Gasteiger partial charge in [0.15, 0.2) is 5.88 Å². The van der Waals surface area contributed by atoms with Gasteiger partial charge in [-0.1, -0.05) is 20.8 Å². The fraction of sp³-hybridized carbons (Fsp3) is 0.800. The standard InChI is InChI=1S/C10H23NOSi/c1-9(11(5)6)12-13(7,8)10(2,3)4/h1H2,2-8H3. The van der Waals surface area contributed by atoms with Crippen LogP contribution in [0.25, 0.3) is 0 Å². The Hall–Kier alpha value is -0.443. The van der Waals surface area contributed by atoms with Gasteiger partial charge >= 0.3 is 0 Å². The first kappa shape index (κ1) is 12.6. The van der Waals surface area contributed by atoms with Gasteiger partial charge in [-0.2, -0.15) is 0 Å². The van der Waals surface area contributed by atoms with Crippen LogP contribution < -0.4 is 0 Å². The van der Waals surface area contributed by atoms with E-state index in [1.54, 1.807) is 0 Å². The molecule has 0 aliphatic carbocycles. The lowest BCUT2D eigenvalue weighted by molar-refractivity contribution is 0.264. The minimum Gasteiger partial charge on any atom is -0.532 e. The molecule has 78 valence electrons. The van der Waals surface area contributed by atoms with E-state index in [2.05, 4.69) is 40.4 Å². The van der Waals surface area contributed by atoms with E-state index in [1.165, 1.54) is 0 Å². The highest BCUT2D eigenvalue weighted by Gasteiger charge is 2.39. The van der Waals surface area contributed by atoms with E-state index < -0.39 is 8.32 Å². The maximum absolute atomic E-state index is 5.93. The van der Waals surface area contributed by atoms with E-state index in [-0.39, 0.29) is 5.04 Å². The van der Waals surface area contributed by atoms with Gasteiger partial charge in [-0.3, -0.25) is 0 Å². The van der Waals surface area contributed by atoms with Crippen LogP contribution in [0.15, 0.2) is 12.5 Å². The van der Waals surface area contributed by atoms with Crippen molar-refractivity contribution in [1.29, 1.82) is 0 Å². The Morgan fingerprint density at radius 1 is 1.23 bits per heavy atom. The smallest absolute Gasteiger partial charge is 0.252 e. The summed E-state index contributed by atoms with van der Waals surface area (Å²) in [5.41, 5.74) is 0. The molecule has 0 aliphatic heterocycles. The fourth-order valence-electron chi connectivity index (χ4n) is 0.539. The monoisotopic (exact) mass is 201 g/mol. The van der Waals surface area contributed by atoms with Gasteiger partial charge in [0, 0.05) is 14.1 Å². The molecule has 0 bridgehead atoms. The summed E-state index contributed by atoms with van der Waals surface area (Å²) >= 11 is 0. The highest BCUT2D eigenvalue weighted by Crippen LogP contribution is 2.37. The van der Waals surface area contributed by atoms with Gasteiger partial charge < -0.3 is 9.33 Å². The van der Waals surface area contributed by atoms with Crippen molar-refractivity contribution >= 4 is 8.32 Å². The van der Waals surface area contributed by atoms with E-state index in [9.17, 15) is 0 Å². The van der Waals surface area contributed by atoms with Gasteiger partial charge in [-0.25, -0.2) is 0 Å². The van der Waals surface area contributed by atoms with Crippen LogP contribution in [0.1, 0.15) is 20.8 Å². The Balaban J connectivity index is 4.44. The van der Waals surface area contributed by atoms with Gasteiger partial charge in [-0.05, 0) is 24.7 Å². The van der Waals surface area contributed by atoms with Crippen molar-refractivity contribution in [3.8, 4) is 0 Å². The minimum absolute atomic E-state index is 0.242. The lowest BCUT2D eigenvalue weighted by atomic mass is 10.2. The maximum atomic E-state index is 5.93. The van der Waals surface area contributed by atoms with Crippen LogP contribution in [0.3, 0.4) is 0 Å². The molecule has 0 aliphatic rings. The van der Waals surface area contributed by atoms with Gasteiger partial charge in [0.1, 0.15) is 0 Å². The van der Waals surface area contributed by atoms with Crippen molar-refractivity contribution in [3.05, 3.63) is 12.5 Å². The third kappa shape index (κ3) is 3.42. The summed E-state index contributed by atoms with van der Waals surface area (Å²) in [6.45, 7) is 15.0. The summed E-state index contributed by atoms with van der Waals surface area (Å²) < 4.78 is 5.93. The summed E-state index contributed by atoms with van der Waals surface area (Å²) in [7, 11) is 2.24. The van der Waals surface area contributed by atoms with Crippen molar-refractivity contribution in [2.45, 2.75) is 38.9 Å². The molecule has 0 N–H and O–H groups in total. The van der Waals surface area contributed by atoms with Crippen LogP contribution in [0, 0.1) is 0 Å². The van der Waals surface area contributed by atoms with E-state index >= 15 is 0 Å². The zero-order valence-corrected chi connectivity index (χ0v) is 11.1. The largest absolute Gasteiger partial charge is 0.532 e. The van der Waals surface area contributed by atoms with Crippen molar-refractivity contribution < 1.29 is 4.43 Å². The van der Waals surface area contributed by atoms with E-state index in [4.69, 9.17) is 4.43 Å². The molecule has 0 unspecified atom stereocenters. The van der Waals surface area contributed by atoms with Gasteiger partial charge in [0.05, 0.1) is 0 Å². The molecule has 0 rings (SSSR count). The van der Waals surface area contributed by atoms with Crippen molar-refractivity contribution in [2.24, 2.45) is 0 Å². The zero-order chi connectivity index (χ0) is 10.9. The Labute approximate surface area is 83.7 Å². The molecule has 0 amide bonds. The molecule has 0 saturated carbocycles. The predicted molar refractivity (Wildman–Crippen MR) is 61.1 cm³/mol. The second kappa shape index (κ2) is 3.74. The number of nitrogens with zero attached hydrogens (tertiary/aromatic N) is 1. The predicted octanol–water partition coefficient (Wildman–Crippen LogP) is 3.04. The van der Waals surface area contributed by atoms with Gasteiger partial charge in [0.25, 0.3) is 8.32 Å². The highest BCUT2D eigenvalue weighted by molar-refractivity contribution is 6.74. The summed E-state index contributed by atoms with van der Waals surface area (Å²) in [6, 6.07) is 0. The van der Waals surface area contributed by atoms with Crippen LogP contribution in [0.2, 0.25) is 18.1 Å². The van der Waals surface area contributed by atoms with Crippen LogP contribution in [-0.2, 0) is 4.43 Å². The van der Waals surface area contributed by atoms with Crippen molar-refractivity contribution in [2.75, 3.05) is 14.1 Å². The molecular weight excluding hydrogens is 178 g/mol. The SMILES string of the molecule is C=C(O[Si](C)(C)C(C)(C)C)N(C)C. The molecule has 0 aromatic heterocycles. The van der Waals surface area contributed by atoms with Crippen molar-refractivity contribution in [3.63, 3.8) is 0 Å². The topological polar surface area (TPSA) is 12.5 Å². The van der Waals surface area contributed by atoms with E-state index in [1.807, 2.05) is 19.0 Å². The lowest BCUT2D eigenvalue weighted by Crippen LogP contribution is -2.41. The van der Waals surface area contributed by atoms with Crippen LogP contribution >= 0.6 is 0 Å². The molecular formula is C10H23NOSi. The molecule has 3 heteroatoms. The molecule has 0 radical (unpaired) electrons. The number of hydrogen-bond donors (Lipinski definition) is 0. The molecule has 0 heterocycles. The van der Waals surface area contributed by atoms with Crippen LogP contribution in [-0.4, -0.2) is 27.3 Å². The summed E-state index contributed by atoms with van der Waals surface area (Å²) in [6.07, 6.45) is 0. The third-order valence-corrected chi connectivity index (χ3v) is 7.04. The minimum atomic E-state index is -1.67. The first-order chi connectivity index (χ1) is 5.58. The van der Waals surface area contributed by atoms with Gasteiger partial charge in [0.2, 0.25) is 0 Å². The molecule has 0 saturated heterocycles. The summed E-state index contributed by atoms with van der Waals surface area (Å²) in [4.78, 5) is 1.92. The highest BCUT2D eigenvalue weighted by atomic mass is 28.4. The normalized spacial score (nSPS) is 12.5. The van der Waals surface area contributed by atoms with Crippen LogP contribution in [0.5, 0.6) is 0 Å². The first-order valence-corrected chi connectivity index (χ1v) is 7.54. The molecule has 0 spiro atoms. The second-order valence-corrected chi connectivity index (χ2v) is 9.88. The average Bonchev–Trinajstić information content (AvgIpc) is 1.83. The zero-order valence-electron chi connectivity index (χ0n) is 10.1. The Morgan fingerprint density at radius 3 is 1.85 bits per heavy atom. The molecule has 0 aromatic rings. The number of hydrogen-bond acceptors (Lipinski definition) is 2. The summed E-state index contributed by atoms with van der Waals surface area (Å²) in [5.74, 6) is 0.770. The van der Waals surface area contributed by atoms with Gasteiger partial charge in [-0.15, -0.1) is 0 Å². The quantitative estimate of drug-likeness (QED) is 0.514. The molecule has 13 heavy (non-hydrogen) atoms. The Kier molecular flexibility index (Phi) is 3.61. The molecule has 0 atom stereocenters. The third-order valence-electron chi connectivity index (χ3n) is 2.68. The van der Waals surface area contributed by atoms with E-state index in [0.717, 1.165) is 5.88 Å². The summed E-state index contributed by atoms with van der Waals surface area (Å²) in [5, 5.41) is 0.242. The lowest BCUT2D eigenvalue weighted by Gasteiger charge is -2.38. The van der Waals surface area contributed by atoms with Crippen LogP contribution in [0.4, 0.5) is 0 Å². The maximum Gasteiger partial charge on any atom is 0.252 e. The average molecular weight is 201 g/mol. The van der Waals surface area contributed by atoms with E-state index in [0.29, 0.717) is 0 Å². The van der Waals surface area contributed by atoms with Crippen molar-refractivity contribution in [1.82, 2.24) is 4.90 Å². The number of rotatable bonds is 3.